The lowest BCUT2D eigenvalue weighted by atomic mass is 9.96. The third-order valence-corrected chi connectivity index (χ3v) is 5.62. The van der Waals surface area contributed by atoms with Crippen LogP contribution in [0.3, 0.4) is 0 Å². The van der Waals surface area contributed by atoms with Crippen LogP contribution in [0, 0.1) is 5.92 Å². The molecular formula is C21H22N6O3. The van der Waals surface area contributed by atoms with E-state index in [9.17, 15) is 9.59 Å². The second-order valence-electron chi connectivity index (χ2n) is 7.85. The maximum Gasteiger partial charge on any atom is 0.257 e. The van der Waals surface area contributed by atoms with E-state index in [2.05, 4.69) is 20.8 Å². The topological polar surface area (TPSA) is 106 Å². The van der Waals surface area contributed by atoms with Crippen molar-refractivity contribution in [3.8, 4) is 11.4 Å². The third kappa shape index (κ3) is 3.70. The number of anilines is 1. The monoisotopic (exact) mass is 406 g/mol. The molecule has 0 bridgehead atoms. The summed E-state index contributed by atoms with van der Waals surface area (Å²) in [5.41, 5.74) is 2.07. The van der Waals surface area contributed by atoms with E-state index >= 15 is 0 Å². The number of nitrogens with one attached hydrogen (secondary N) is 1. The first kappa shape index (κ1) is 18.5. The van der Waals surface area contributed by atoms with Crippen molar-refractivity contribution in [2.75, 3.05) is 18.4 Å². The minimum absolute atomic E-state index is 0.0846. The molecular weight excluding hydrogens is 384 g/mol. The number of amides is 2. The molecule has 3 aromatic rings. The van der Waals surface area contributed by atoms with Gasteiger partial charge in [0.25, 0.3) is 5.91 Å². The molecule has 3 heterocycles. The summed E-state index contributed by atoms with van der Waals surface area (Å²) in [6.45, 7) is 1.04. The molecule has 154 valence electrons. The molecule has 0 spiro atoms. The molecule has 9 heteroatoms. The van der Waals surface area contributed by atoms with Crippen molar-refractivity contribution in [2.24, 2.45) is 5.92 Å². The van der Waals surface area contributed by atoms with Crippen LogP contribution in [0.25, 0.3) is 11.4 Å². The Balaban J connectivity index is 1.27. The zero-order valence-electron chi connectivity index (χ0n) is 16.4. The second kappa shape index (κ2) is 7.74. The number of likely N-dealkylation sites (tertiary alicyclic amines) is 1. The molecule has 9 nitrogen and oxygen atoms in total. The molecule has 0 radical (unpaired) electrons. The van der Waals surface area contributed by atoms with E-state index in [-0.39, 0.29) is 17.7 Å². The predicted octanol–water partition coefficient (Wildman–Crippen LogP) is 2.76. The number of carbonyl (C=O) groups is 2. The van der Waals surface area contributed by atoms with Crippen LogP contribution in [0.15, 0.2) is 47.3 Å². The lowest BCUT2D eigenvalue weighted by Crippen LogP contribution is -2.43. The largest absolute Gasteiger partial charge is 0.472 e. The predicted molar refractivity (Wildman–Crippen MR) is 107 cm³/mol. The van der Waals surface area contributed by atoms with Crippen LogP contribution in [0.1, 0.15) is 42.1 Å². The highest BCUT2D eigenvalue weighted by atomic mass is 16.3. The molecule has 2 amide bonds. The summed E-state index contributed by atoms with van der Waals surface area (Å²) in [5, 5.41) is 15.0. The smallest absolute Gasteiger partial charge is 0.257 e. The molecule has 1 unspecified atom stereocenters. The SMILES string of the molecule is O=C(Nc1cccc(-c2nnnn2C2CC2)c1)C1CCCN(C(=O)c2ccoc2)C1. The van der Waals surface area contributed by atoms with Crippen LogP contribution >= 0.6 is 0 Å². The summed E-state index contributed by atoms with van der Waals surface area (Å²) in [6.07, 6.45) is 6.63. The van der Waals surface area contributed by atoms with Crippen molar-refractivity contribution in [2.45, 2.75) is 31.7 Å². The van der Waals surface area contributed by atoms with E-state index in [1.54, 1.807) is 11.0 Å². The highest BCUT2D eigenvalue weighted by Crippen LogP contribution is 2.36. The zero-order chi connectivity index (χ0) is 20.5. The first-order chi connectivity index (χ1) is 14.7. The number of benzene rings is 1. The van der Waals surface area contributed by atoms with Gasteiger partial charge >= 0.3 is 0 Å². The summed E-state index contributed by atoms with van der Waals surface area (Å²) in [5.74, 6) is 0.270. The van der Waals surface area contributed by atoms with Crippen molar-refractivity contribution in [3.63, 3.8) is 0 Å². The molecule has 5 rings (SSSR count). The number of tetrazole rings is 1. The number of rotatable bonds is 5. The summed E-state index contributed by atoms with van der Waals surface area (Å²) >= 11 is 0. The van der Waals surface area contributed by atoms with E-state index in [1.165, 1.54) is 12.5 Å². The normalized spacial score (nSPS) is 18.9. The fourth-order valence-corrected chi connectivity index (χ4v) is 3.87. The number of nitrogens with zero attached hydrogens (tertiary/aromatic N) is 5. The number of aromatic nitrogens is 4. The molecule has 1 aliphatic carbocycles. The van der Waals surface area contributed by atoms with Crippen LogP contribution in [0.5, 0.6) is 0 Å². The van der Waals surface area contributed by atoms with Gasteiger partial charge in [0.15, 0.2) is 5.82 Å². The average molecular weight is 406 g/mol. The highest BCUT2D eigenvalue weighted by Gasteiger charge is 2.30. The molecule has 1 atom stereocenters. The Bertz CT molecular complexity index is 1060. The van der Waals surface area contributed by atoms with Crippen LogP contribution < -0.4 is 5.32 Å². The first-order valence-electron chi connectivity index (χ1n) is 10.2. The Morgan fingerprint density at radius 1 is 1.17 bits per heavy atom. The number of furan rings is 1. The Labute approximate surface area is 173 Å². The lowest BCUT2D eigenvalue weighted by molar-refractivity contribution is -0.121. The second-order valence-corrected chi connectivity index (χ2v) is 7.85. The summed E-state index contributed by atoms with van der Waals surface area (Å²) in [4.78, 5) is 27.2. The van der Waals surface area contributed by atoms with Crippen molar-refractivity contribution in [3.05, 3.63) is 48.4 Å². The number of hydrogen-bond acceptors (Lipinski definition) is 6. The minimum atomic E-state index is -0.255. The van der Waals surface area contributed by atoms with Gasteiger partial charge in [0, 0.05) is 24.3 Å². The number of piperidine rings is 1. The summed E-state index contributed by atoms with van der Waals surface area (Å²) < 4.78 is 6.85. The van der Waals surface area contributed by atoms with E-state index in [0.29, 0.717) is 36.2 Å². The molecule has 2 fully saturated rings. The van der Waals surface area contributed by atoms with Gasteiger partial charge in [-0.3, -0.25) is 9.59 Å². The van der Waals surface area contributed by atoms with Gasteiger partial charge in [-0.25, -0.2) is 4.68 Å². The molecule has 1 N–H and O–H groups in total. The maximum atomic E-state index is 12.9. The van der Waals surface area contributed by atoms with Crippen molar-refractivity contribution >= 4 is 17.5 Å². The van der Waals surface area contributed by atoms with Crippen molar-refractivity contribution in [1.29, 1.82) is 0 Å². The minimum Gasteiger partial charge on any atom is -0.472 e. The standard InChI is InChI=1S/C21H22N6O3/c28-20(15-4-2-9-26(12-15)21(29)16-8-10-30-13-16)22-17-5-1-3-14(11-17)19-23-24-25-27(19)18-6-7-18/h1,3,5,8,10-11,13,15,18H,2,4,6-7,9,12H2,(H,22,28). The number of hydrogen-bond donors (Lipinski definition) is 1. The van der Waals surface area contributed by atoms with Gasteiger partial charge in [0.1, 0.15) is 6.26 Å². The van der Waals surface area contributed by atoms with Gasteiger partial charge in [-0.05, 0) is 54.3 Å². The zero-order valence-corrected chi connectivity index (χ0v) is 16.4. The molecule has 1 aliphatic heterocycles. The quantitative estimate of drug-likeness (QED) is 0.698. The highest BCUT2D eigenvalue weighted by molar-refractivity contribution is 5.96. The van der Waals surface area contributed by atoms with Crippen LogP contribution in [-0.2, 0) is 4.79 Å². The molecule has 1 saturated carbocycles. The molecule has 1 aromatic carbocycles. The first-order valence-corrected chi connectivity index (χ1v) is 10.2. The van der Waals surface area contributed by atoms with Crippen molar-refractivity contribution in [1.82, 2.24) is 25.1 Å². The Morgan fingerprint density at radius 2 is 2.07 bits per heavy atom. The van der Waals surface area contributed by atoms with Crippen LogP contribution in [-0.4, -0.2) is 50.0 Å². The fraction of sp³-hybridized carbons (Fsp3) is 0.381. The summed E-state index contributed by atoms with van der Waals surface area (Å²) in [7, 11) is 0. The number of carbonyl (C=O) groups excluding carboxylic acids is 2. The summed E-state index contributed by atoms with van der Waals surface area (Å²) in [6, 6.07) is 9.57. The van der Waals surface area contributed by atoms with Gasteiger partial charge in [-0.2, -0.15) is 0 Å². The molecule has 2 aliphatic rings. The van der Waals surface area contributed by atoms with E-state index in [0.717, 1.165) is 31.2 Å². The molecule has 2 aromatic heterocycles. The van der Waals surface area contributed by atoms with Gasteiger partial charge in [0.05, 0.1) is 23.8 Å². The van der Waals surface area contributed by atoms with E-state index in [1.807, 2.05) is 28.9 Å². The molecule has 1 saturated heterocycles. The fourth-order valence-electron chi connectivity index (χ4n) is 3.87. The van der Waals surface area contributed by atoms with E-state index in [4.69, 9.17) is 4.42 Å². The third-order valence-electron chi connectivity index (χ3n) is 5.62. The van der Waals surface area contributed by atoms with Crippen LogP contribution in [0.2, 0.25) is 0 Å². The van der Waals surface area contributed by atoms with Gasteiger partial charge in [-0.15, -0.1) is 5.10 Å². The van der Waals surface area contributed by atoms with E-state index < -0.39 is 0 Å². The Morgan fingerprint density at radius 3 is 2.87 bits per heavy atom. The van der Waals surface area contributed by atoms with Crippen LogP contribution in [0.4, 0.5) is 5.69 Å². The Hall–Kier alpha value is -3.49. The average Bonchev–Trinajstić information content (AvgIpc) is 3.26. The van der Waals surface area contributed by atoms with Crippen molar-refractivity contribution < 1.29 is 14.0 Å². The maximum absolute atomic E-state index is 12.9. The molecule has 30 heavy (non-hydrogen) atoms. The van der Waals surface area contributed by atoms with Gasteiger partial charge in [0.2, 0.25) is 5.91 Å². The lowest BCUT2D eigenvalue weighted by Gasteiger charge is -2.31. The Kier molecular flexibility index (Phi) is 4.78. The van der Waals surface area contributed by atoms with Gasteiger partial charge < -0.3 is 14.6 Å². The van der Waals surface area contributed by atoms with Gasteiger partial charge in [-0.1, -0.05) is 12.1 Å².